The highest BCUT2D eigenvalue weighted by Crippen LogP contribution is 2.49. The van der Waals surface area contributed by atoms with Gasteiger partial charge < -0.3 is 10.1 Å². The third-order valence-corrected chi connectivity index (χ3v) is 3.87. The van der Waals surface area contributed by atoms with Crippen molar-refractivity contribution >= 4 is 18.5 Å². The van der Waals surface area contributed by atoms with Gasteiger partial charge in [-0.15, -0.1) is 0 Å². The van der Waals surface area contributed by atoms with Gasteiger partial charge >= 0.3 is 0 Å². The summed E-state index contributed by atoms with van der Waals surface area (Å²) in [6, 6.07) is 0.165. The molecule has 1 amide bonds. The molecule has 1 unspecified atom stereocenters. The van der Waals surface area contributed by atoms with E-state index < -0.39 is 0 Å². The van der Waals surface area contributed by atoms with Crippen LogP contribution in [0.4, 0.5) is 0 Å². The van der Waals surface area contributed by atoms with Gasteiger partial charge in [0.25, 0.3) is 0 Å². The first kappa shape index (κ1) is 13.8. The summed E-state index contributed by atoms with van der Waals surface area (Å²) in [4.78, 5) is 11.8. The van der Waals surface area contributed by atoms with Crippen LogP contribution < -0.4 is 5.32 Å². The van der Waals surface area contributed by atoms with Gasteiger partial charge in [0.1, 0.15) is 0 Å². The highest BCUT2D eigenvalue weighted by Gasteiger charge is 2.42. The lowest BCUT2D eigenvalue weighted by molar-refractivity contribution is -0.123. The summed E-state index contributed by atoms with van der Waals surface area (Å²) in [5, 5.41) is 3.05. The fourth-order valence-electron chi connectivity index (χ4n) is 1.93. The number of carbonyl (C=O) groups is 1. The first-order valence-electron chi connectivity index (χ1n) is 6.05. The highest BCUT2D eigenvalue weighted by molar-refractivity contribution is 7.80. The van der Waals surface area contributed by atoms with E-state index in [1.807, 2.05) is 0 Å². The van der Waals surface area contributed by atoms with Gasteiger partial charge in [-0.1, -0.05) is 13.3 Å². The fourth-order valence-corrected chi connectivity index (χ4v) is 2.36. The number of hydrogen-bond donors (Lipinski definition) is 2. The third kappa shape index (κ3) is 4.34. The van der Waals surface area contributed by atoms with Crippen molar-refractivity contribution in [2.45, 2.75) is 45.1 Å². The summed E-state index contributed by atoms with van der Waals surface area (Å²) < 4.78 is 5.10. The summed E-state index contributed by atoms with van der Waals surface area (Å²) in [5.41, 5.74) is 0.205. The Kier molecular flexibility index (Phi) is 5.62. The maximum absolute atomic E-state index is 11.8. The SMILES string of the molecule is CCCC(COC)NC(=O)CC1(CS)CC1. The van der Waals surface area contributed by atoms with Gasteiger partial charge in [-0.3, -0.25) is 4.79 Å². The maximum atomic E-state index is 11.8. The van der Waals surface area contributed by atoms with Gasteiger partial charge in [0.15, 0.2) is 0 Å². The molecule has 0 aromatic carbocycles. The van der Waals surface area contributed by atoms with E-state index in [-0.39, 0.29) is 17.4 Å². The van der Waals surface area contributed by atoms with Gasteiger partial charge in [-0.05, 0) is 30.4 Å². The molecule has 16 heavy (non-hydrogen) atoms. The molecule has 1 aliphatic rings. The number of carbonyl (C=O) groups excluding carboxylic acids is 1. The maximum Gasteiger partial charge on any atom is 0.220 e. The number of rotatable bonds is 8. The van der Waals surface area contributed by atoms with Crippen molar-refractivity contribution in [2.75, 3.05) is 19.5 Å². The Hall–Kier alpha value is -0.220. The minimum Gasteiger partial charge on any atom is -0.383 e. The second-order valence-electron chi connectivity index (χ2n) is 4.84. The number of thiol groups is 1. The van der Waals surface area contributed by atoms with E-state index in [4.69, 9.17) is 4.74 Å². The molecule has 0 bridgehead atoms. The van der Waals surface area contributed by atoms with Crippen LogP contribution in [0.15, 0.2) is 0 Å². The van der Waals surface area contributed by atoms with Crippen LogP contribution in [-0.2, 0) is 9.53 Å². The van der Waals surface area contributed by atoms with Crippen LogP contribution in [0.3, 0.4) is 0 Å². The second kappa shape index (κ2) is 6.50. The zero-order chi connectivity index (χ0) is 12.0. The number of amides is 1. The molecule has 0 spiro atoms. The van der Waals surface area contributed by atoms with Gasteiger partial charge in [-0.25, -0.2) is 0 Å². The molecule has 1 aliphatic carbocycles. The average molecular weight is 245 g/mol. The van der Waals surface area contributed by atoms with Crippen molar-refractivity contribution in [1.82, 2.24) is 5.32 Å². The molecule has 94 valence electrons. The lowest BCUT2D eigenvalue weighted by Crippen LogP contribution is -2.39. The van der Waals surface area contributed by atoms with Crippen LogP contribution in [0, 0.1) is 5.41 Å². The van der Waals surface area contributed by atoms with Gasteiger partial charge in [0.2, 0.25) is 5.91 Å². The predicted octanol–water partition coefficient (Wildman–Crippen LogP) is 2.02. The molecule has 0 saturated heterocycles. The summed E-state index contributed by atoms with van der Waals surface area (Å²) in [6.07, 6.45) is 4.96. The molecule has 0 aromatic rings. The van der Waals surface area contributed by atoms with Gasteiger partial charge in [0.05, 0.1) is 12.6 Å². The Morgan fingerprint density at radius 3 is 2.69 bits per heavy atom. The first-order valence-corrected chi connectivity index (χ1v) is 6.68. The molecule has 4 heteroatoms. The molecule has 1 atom stereocenters. The minimum atomic E-state index is 0.155. The lowest BCUT2D eigenvalue weighted by atomic mass is 10.0. The van der Waals surface area contributed by atoms with Crippen LogP contribution >= 0.6 is 12.6 Å². The van der Waals surface area contributed by atoms with Crippen LogP contribution in [-0.4, -0.2) is 31.4 Å². The number of ether oxygens (including phenoxy) is 1. The Balaban J connectivity index is 2.30. The fraction of sp³-hybridized carbons (Fsp3) is 0.917. The molecule has 3 nitrogen and oxygen atoms in total. The topological polar surface area (TPSA) is 38.3 Å². The molecular formula is C12H23NO2S. The zero-order valence-corrected chi connectivity index (χ0v) is 11.2. The smallest absolute Gasteiger partial charge is 0.220 e. The van der Waals surface area contributed by atoms with E-state index in [0.29, 0.717) is 13.0 Å². The van der Waals surface area contributed by atoms with E-state index in [2.05, 4.69) is 24.9 Å². The van der Waals surface area contributed by atoms with E-state index in [1.54, 1.807) is 7.11 Å². The minimum absolute atomic E-state index is 0.155. The second-order valence-corrected chi connectivity index (χ2v) is 5.16. The average Bonchev–Trinajstić information content (AvgIpc) is 2.99. The standard InChI is InChI=1S/C12H23NO2S/c1-3-4-10(8-15-2)13-11(14)7-12(9-16)5-6-12/h10,16H,3-9H2,1-2H3,(H,13,14). The molecule has 0 radical (unpaired) electrons. The van der Waals surface area contributed by atoms with Crippen LogP contribution in [0.2, 0.25) is 0 Å². The molecule has 0 heterocycles. The molecule has 1 rings (SSSR count). The van der Waals surface area contributed by atoms with E-state index in [1.165, 1.54) is 0 Å². The van der Waals surface area contributed by atoms with Crippen LogP contribution in [0.1, 0.15) is 39.0 Å². The Bertz CT molecular complexity index is 223. The van der Waals surface area contributed by atoms with Crippen molar-refractivity contribution in [3.05, 3.63) is 0 Å². The number of methoxy groups -OCH3 is 1. The monoisotopic (exact) mass is 245 g/mol. The third-order valence-electron chi connectivity index (χ3n) is 3.20. The largest absolute Gasteiger partial charge is 0.383 e. The zero-order valence-electron chi connectivity index (χ0n) is 10.3. The molecule has 1 N–H and O–H groups in total. The Morgan fingerprint density at radius 1 is 1.56 bits per heavy atom. The van der Waals surface area contributed by atoms with Gasteiger partial charge in [0, 0.05) is 13.5 Å². The van der Waals surface area contributed by atoms with Crippen molar-refractivity contribution in [3.63, 3.8) is 0 Å². The number of nitrogens with one attached hydrogen (secondary N) is 1. The first-order chi connectivity index (χ1) is 7.65. The van der Waals surface area contributed by atoms with Crippen molar-refractivity contribution in [3.8, 4) is 0 Å². The van der Waals surface area contributed by atoms with Crippen molar-refractivity contribution in [2.24, 2.45) is 5.41 Å². The van der Waals surface area contributed by atoms with Gasteiger partial charge in [-0.2, -0.15) is 12.6 Å². The highest BCUT2D eigenvalue weighted by atomic mass is 32.1. The molecular weight excluding hydrogens is 222 g/mol. The quantitative estimate of drug-likeness (QED) is 0.642. The number of hydrogen-bond acceptors (Lipinski definition) is 3. The van der Waals surface area contributed by atoms with Crippen molar-refractivity contribution in [1.29, 1.82) is 0 Å². The molecule has 1 saturated carbocycles. The van der Waals surface area contributed by atoms with Crippen molar-refractivity contribution < 1.29 is 9.53 Å². The molecule has 1 fully saturated rings. The normalized spacial score (nSPS) is 19.2. The molecule has 0 aliphatic heterocycles. The summed E-state index contributed by atoms with van der Waals surface area (Å²) in [7, 11) is 1.67. The van der Waals surface area contributed by atoms with E-state index in [0.717, 1.165) is 31.4 Å². The lowest BCUT2D eigenvalue weighted by Gasteiger charge is -2.19. The summed E-state index contributed by atoms with van der Waals surface area (Å²) >= 11 is 4.31. The van der Waals surface area contributed by atoms with Crippen LogP contribution in [0.5, 0.6) is 0 Å². The van der Waals surface area contributed by atoms with Crippen LogP contribution in [0.25, 0.3) is 0 Å². The summed E-state index contributed by atoms with van der Waals surface area (Å²) in [6.45, 7) is 2.72. The van der Waals surface area contributed by atoms with E-state index >= 15 is 0 Å². The Labute approximate surface area is 104 Å². The van der Waals surface area contributed by atoms with E-state index in [9.17, 15) is 4.79 Å². The molecule has 0 aromatic heterocycles. The Morgan fingerprint density at radius 2 is 2.25 bits per heavy atom. The predicted molar refractivity (Wildman–Crippen MR) is 68.9 cm³/mol. The summed E-state index contributed by atoms with van der Waals surface area (Å²) in [5.74, 6) is 0.977.